The normalized spacial score (nSPS) is 14.8. The van der Waals surface area contributed by atoms with Crippen molar-refractivity contribution < 1.29 is 22.9 Å². The summed E-state index contributed by atoms with van der Waals surface area (Å²) in [7, 11) is -4.35. The average molecular weight is 576 g/mol. The maximum absolute atomic E-state index is 12.3. The lowest BCUT2D eigenvalue weighted by Crippen LogP contribution is -2.46. The third-order valence-corrected chi connectivity index (χ3v) is 6.62. The van der Waals surface area contributed by atoms with Crippen LogP contribution in [0.25, 0.3) is 0 Å². The van der Waals surface area contributed by atoms with Crippen LogP contribution in [-0.4, -0.2) is 41.9 Å². The van der Waals surface area contributed by atoms with E-state index in [1.807, 2.05) is 12.2 Å². The zero-order valence-corrected chi connectivity index (χ0v) is 25.5. The second kappa shape index (κ2) is 26.7. The van der Waals surface area contributed by atoms with Crippen molar-refractivity contribution in [1.82, 2.24) is 5.32 Å². The molecule has 0 aliphatic rings. The summed E-state index contributed by atoms with van der Waals surface area (Å²) in [6, 6.07) is -1.10. The Morgan fingerprint density at radius 1 is 0.700 bits per heavy atom. The Kier molecular flexibility index (Phi) is 25.1. The average Bonchev–Trinajstić information content (AvgIpc) is 2.90. The van der Waals surface area contributed by atoms with Crippen LogP contribution in [0.4, 0.5) is 0 Å². The number of aliphatic hydroxyl groups is 1. The Bertz CT molecular complexity index is 942. The van der Waals surface area contributed by atoms with Crippen LogP contribution in [0.2, 0.25) is 0 Å². The molecule has 1 amide bonds. The first-order valence-corrected chi connectivity index (χ1v) is 16.4. The van der Waals surface area contributed by atoms with Crippen molar-refractivity contribution in [3.63, 3.8) is 0 Å². The van der Waals surface area contributed by atoms with Crippen molar-refractivity contribution in [3.8, 4) is 0 Å². The Hall–Kier alpha value is -2.48. The topological polar surface area (TPSA) is 104 Å². The molecule has 0 saturated heterocycles. The first-order valence-electron chi connectivity index (χ1n) is 14.8. The molecule has 6 nitrogen and oxygen atoms in total. The lowest BCUT2D eigenvalue weighted by atomic mass is 10.1. The Morgan fingerprint density at radius 2 is 1.20 bits per heavy atom. The Labute approximate surface area is 244 Å². The second-order valence-electron chi connectivity index (χ2n) is 9.64. The molecule has 226 valence electrons. The lowest BCUT2D eigenvalue weighted by Gasteiger charge is -2.20. The predicted octanol–water partition coefficient (Wildman–Crippen LogP) is 7.72. The monoisotopic (exact) mass is 575 g/mol. The van der Waals surface area contributed by atoms with Gasteiger partial charge in [0.25, 0.3) is 10.1 Å². The van der Waals surface area contributed by atoms with Gasteiger partial charge in [-0.2, -0.15) is 8.42 Å². The van der Waals surface area contributed by atoms with E-state index < -0.39 is 28.0 Å². The number of rotatable bonds is 24. The molecule has 0 heterocycles. The van der Waals surface area contributed by atoms with Crippen molar-refractivity contribution in [2.75, 3.05) is 5.75 Å². The minimum Gasteiger partial charge on any atom is -0.387 e. The lowest BCUT2D eigenvalue weighted by molar-refractivity contribution is -0.122. The molecule has 2 atom stereocenters. The Morgan fingerprint density at radius 3 is 1.68 bits per heavy atom. The molecule has 0 spiro atoms. The minimum absolute atomic E-state index is 0.164. The highest BCUT2D eigenvalue weighted by Gasteiger charge is 2.24. The molecule has 0 aromatic heterocycles. The second-order valence-corrected chi connectivity index (χ2v) is 11.1. The first kappa shape index (κ1) is 37.5. The summed E-state index contributed by atoms with van der Waals surface area (Å²) < 4.78 is 31.9. The summed E-state index contributed by atoms with van der Waals surface area (Å²) in [5.41, 5.74) is 0. The van der Waals surface area contributed by atoms with E-state index >= 15 is 0 Å². The van der Waals surface area contributed by atoms with E-state index in [1.165, 1.54) is 6.08 Å². The van der Waals surface area contributed by atoms with Crippen LogP contribution in [0.1, 0.15) is 97.3 Å². The van der Waals surface area contributed by atoms with Crippen molar-refractivity contribution >= 4 is 16.0 Å². The summed E-state index contributed by atoms with van der Waals surface area (Å²) in [6.07, 6.45) is 38.9. The van der Waals surface area contributed by atoms with Gasteiger partial charge < -0.3 is 10.4 Å². The number of carbonyl (C=O) groups is 1. The van der Waals surface area contributed by atoms with Crippen LogP contribution in [0.3, 0.4) is 0 Å². The molecule has 0 fully saturated rings. The van der Waals surface area contributed by atoms with Crippen LogP contribution < -0.4 is 5.32 Å². The number of unbranched alkanes of at least 4 members (excludes halogenated alkanes) is 4. The molecule has 3 N–H and O–H groups in total. The summed E-state index contributed by atoms with van der Waals surface area (Å²) in [5, 5.41) is 12.9. The van der Waals surface area contributed by atoms with E-state index in [0.29, 0.717) is 6.42 Å². The maximum atomic E-state index is 12.3. The molecular formula is C33H53NO5S. The SMILES string of the molecule is CC/C=C\C/C=C\C/C=C\C/C=C\C/C=C\C/C=C\CCC(=O)NC(CS(=O)(=O)O)C(O)/C=C/CCCCCC. The van der Waals surface area contributed by atoms with E-state index in [4.69, 9.17) is 0 Å². The van der Waals surface area contributed by atoms with Gasteiger partial charge in [-0.3, -0.25) is 9.35 Å². The van der Waals surface area contributed by atoms with E-state index in [-0.39, 0.29) is 12.3 Å². The van der Waals surface area contributed by atoms with Gasteiger partial charge in [0.15, 0.2) is 0 Å². The molecule has 0 bridgehead atoms. The number of nitrogens with one attached hydrogen (secondary N) is 1. The van der Waals surface area contributed by atoms with Gasteiger partial charge in [-0.25, -0.2) is 0 Å². The van der Waals surface area contributed by atoms with E-state index in [9.17, 15) is 22.9 Å². The highest BCUT2D eigenvalue weighted by molar-refractivity contribution is 7.85. The summed E-state index contributed by atoms with van der Waals surface area (Å²) in [4.78, 5) is 12.3. The fourth-order valence-corrected chi connectivity index (χ4v) is 4.38. The molecule has 7 heteroatoms. The van der Waals surface area contributed by atoms with Crippen molar-refractivity contribution in [3.05, 3.63) is 85.1 Å². The van der Waals surface area contributed by atoms with Gasteiger partial charge in [-0.1, -0.05) is 118 Å². The first-order chi connectivity index (χ1) is 19.3. The number of hydrogen-bond donors (Lipinski definition) is 3. The van der Waals surface area contributed by atoms with Crippen molar-refractivity contribution in [2.24, 2.45) is 0 Å². The third kappa shape index (κ3) is 27.1. The van der Waals surface area contributed by atoms with Gasteiger partial charge in [0, 0.05) is 6.42 Å². The fourth-order valence-electron chi connectivity index (χ4n) is 3.64. The maximum Gasteiger partial charge on any atom is 0.267 e. The third-order valence-electron chi connectivity index (χ3n) is 5.84. The van der Waals surface area contributed by atoms with Gasteiger partial charge in [-0.15, -0.1) is 0 Å². The molecule has 0 aliphatic carbocycles. The summed E-state index contributed by atoms with van der Waals surface area (Å²) in [5.74, 6) is -1.11. The van der Waals surface area contributed by atoms with Crippen LogP contribution in [-0.2, 0) is 14.9 Å². The number of hydrogen-bond acceptors (Lipinski definition) is 4. The Balaban J connectivity index is 4.20. The number of carbonyl (C=O) groups excluding carboxylic acids is 1. The molecule has 0 aliphatic heterocycles. The number of amides is 1. The molecule has 0 rings (SSSR count). The quantitative estimate of drug-likeness (QED) is 0.0621. The highest BCUT2D eigenvalue weighted by atomic mass is 32.2. The zero-order chi connectivity index (χ0) is 29.7. The van der Waals surface area contributed by atoms with Gasteiger partial charge in [0.05, 0.1) is 17.9 Å². The summed E-state index contributed by atoms with van der Waals surface area (Å²) >= 11 is 0. The number of allylic oxidation sites excluding steroid dienone is 13. The minimum atomic E-state index is -4.35. The molecule has 0 aromatic carbocycles. The largest absolute Gasteiger partial charge is 0.387 e. The highest BCUT2D eigenvalue weighted by Crippen LogP contribution is 2.07. The molecular weight excluding hydrogens is 522 g/mol. The van der Waals surface area contributed by atoms with Crippen LogP contribution in [0.5, 0.6) is 0 Å². The molecule has 0 saturated carbocycles. The van der Waals surface area contributed by atoms with Gasteiger partial charge in [0.1, 0.15) is 0 Å². The predicted molar refractivity (Wildman–Crippen MR) is 170 cm³/mol. The standard InChI is InChI=1S/C33H53NO5S/c1-3-5-7-9-11-12-13-14-15-16-17-18-19-20-21-22-23-25-27-29-33(36)34-31(30-40(37,38)39)32(35)28-26-24-10-8-6-4-2/h5,7,11-12,14-15,17-18,20-21,23,25-26,28,31-32,35H,3-4,6,8-10,13,16,19,22,24,27,29-30H2,1-2H3,(H,34,36)(H,37,38,39)/b7-5-,12-11-,15-14-,18-17-,21-20-,25-23-,28-26+. The molecule has 0 aromatic rings. The van der Waals surface area contributed by atoms with Gasteiger partial charge >= 0.3 is 0 Å². The molecule has 40 heavy (non-hydrogen) atoms. The van der Waals surface area contributed by atoms with Crippen LogP contribution in [0, 0.1) is 0 Å². The zero-order valence-electron chi connectivity index (χ0n) is 24.7. The van der Waals surface area contributed by atoms with E-state index in [1.54, 1.807) is 6.08 Å². The fraction of sp³-hybridized carbons (Fsp3) is 0.545. The van der Waals surface area contributed by atoms with Gasteiger partial charge in [-0.05, 0) is 57.8 Å². The van der Waals surface area contributed by atoms with E-state index in [2.05, 4.69) is 79.9 Å². The van der Waals surface area contributed by atoms with Crippen molar-refractivity contribution in [1.29, 1.82) is 0 Å². The van der Waals surface area contributed by atoms with Gasteiger partial charge in [0.2, 0.25) is 5.91 Å². The molecule has 2 unspecified atom stereocenters. The van der Waals surface area contributed by atoms with Crippen LogP contribution >= 0.6 is 0 Å². The van der Waals surface area contributed by atoms with E-state index in [0.717, 1.165) is 70.6 Å². The smallest absolute Gasteiger partial charge is 0.267 e. The summed E-state index contributed by atoms with van der Waals surface area (Å²) in [6.45, 7) is 4.27. The number of aliphatic hydroxyl groups excluding tert-OH is 1. The molecule has 0 radical (unpaired) electrons. The van der Waals surface area contributed by atoms with Crippen molar-refractivity contribution in [2.45, 2.75) is 109 Å². The van der Waals surface area contributed by atoms with Crippen LogP contribution in [0.15, 0.2) is 85.1 Å².